The van der Waals surface area contributed by atoms with E-state index in [2.05, 4.69) is 29.2 Å². The highest BCUT2D eigenvalue weighted by molar-refractivity contribution is 7.12. The predicted octanol–water partition coefficient (Wildman–Crippen LogP) is 3.90. The number of benzene rings is 1. The van der Waals surface area contributed by atoms with Crippen molar-refractivity contribution in [2.45, 2.75) is 18.9 Å². The van der Waals surface area contributed by atoms with Crippen LogP contribution in [-0.2, 0) is 6.54 Å². The Kier molecular flexibility index (Phi) is 4.74. The number of hydrogen-bond acceptors (Lipinski definition) is 4. The molecule has 1 aromatic carbocycles. The monoisotopic (exact) mass is 419 g/mol. The summed E-state index contributed by atoms with van der Waals surface area (Å²) in [6, 6.07) is 15.9. The summed E-state index contributed by atoms with van der Waals surface area (Å²) in [5.41, 5.74) is 4.51. The lowest BCUT2D eigenvalue weighted by Crippen LogP contribution is -2.49. The van der Waals surface area contributed by atoms with E-state index in [-0.39, 0.29) is 17.4 Å². The molecule has 2 aliphatic rings. The van der Waals surface area contributed by atoms with Gasteiger partial charge in [0, 0.05) is 62.7 Å². The van der Waals surface area contributed by atoms with E-state index in [1.807, 2.05) is 47.1 Å². The van der Waals surface area contributed by atoms with Gasteiger partial charge in [0.2, 0.25) is 0 Å². The zero-order chi connectivity index (χ0) is 20.8. The van der Waals surface area contributed by atoms with Crippen molar-refractivity contribution in [3.8, 4) is 11.1 Å². The van der Waals surface area contributed by atoms with Crippen molar-refractivity contribution in [3.63, 3.8) is 0 Å². The van der Waals surface area contributed by atoms with Gasteiger partial charge in [-0.25, -0.2) is 0 Å². The van der Waals surface area contributed by atoms with E-state index in [1.54, 1.807) is 6.07 Å². The summed E-state index contributed by atoms with van der Waals surface area (Å²) < 4.78 is 1.96. The number of carbonyl (C=O) groups excluding carboxylic acids is 1. The number of aromatic nitrogens is 1. The normalized spacial score (nSPS) is 20.0. The second kappa shape index (κ2) is 7.43. The highest BCUT2D eigenvalue weighted by Crippen LogP contribution is 2.40. The fourth-order valence-corrected chi connectivity index (χ4v) is 5.61. The molecule has 1 saturated heterocycles. The van der Waals surface area contributed by atoms with Crippen LogP contribution in [-0.4, -0.2) is 42.6 Å². The molecule has 154 valence electrons. The van der Waals surface area contributed by atoms with Crippen molar-refractivity contribution >= 4 is 22.9 Å². The fraction of sp³-hybridized carbons (Fsp3) is 0.333. The summed E-state index contributed by atoms with van der Waals surface area (Å²) in [5, 5.41) is 1.95. The van der Waals surface area contributed by atoms with Crippen LogP contribution in [0.1, 0.15) is 27.7 Å². The van der Waals surface area contributed by atoms with Gasteiger partial charge in [0.05, 0.1) is 4.88 Å². The SMILES string of the molecule is CN(C)c1ccc(-c2ccc(=O)n3c2[C@@H]2C[C@@H](CN(C(=O)c4cccs4)C2)C3)cc1. The third-order valence-electron chi connectivity index (χ3n) is 6.30. The highest BCUT2D eigenvalue weighted by atomic mass is 32.1. The molecule has 0 aliphatic carbocycles. The molecule has 5 rings (SSSR count). The smallest absolute Gasteiger partial charge is 0.263 e. The van der Waals surface area contributed by atoms with Crippen LogP contribution in [0.25, 0.3) is 11.1 Å². The Labute approximate surface area is 180 Å². The molecule has 4 heterocycles. The summed E-state index contributed by atoms with van der Waals surface area (Å²) in [6.45, 7) is 2.07. The molecule has 2 aromatic heterocycles. The Bertz CT molecular complexity index is 1130. The van der Waals surface area contributed by atoms with Crippen LogP contribution in [0.4, 0.5) is 5.69 Å². The van der Waals surface area contributed by atoms with Gasteiger partial charge in [0.15, 0.2) is 0 Å². The lowest BCUT2D eigenvalue weighted by molar-refractivity contribution is 0.0600. The fourth-order valence-electron chi connectivity index (χ4n) is 4.92. The van der Waals surface area contributed by atoms with E-state index in [4.69, 9.17) is 0 Å². The van der Waals surface area contributed by atoms with Crippen LogP contribution in [0.5, 0.6) is 0 Å². The molecule has 2 aliphatic heterocycles. The Balaban J connectivity index is 1.53. The maximum atomic E-state index is 13.0. The minimum Gasteiger partial charge on any atom is -0.378 e. The molecule has 6 heteroatoms. The minimum atomic E-state index is 0.0615. The maximum absolute atomic E-state index is 13.0. The molecule has 0 unspecified atom stereocenters. The molecular weight excluding hydrogens is 394 g/mol. The summed E-state index contributed by atoms with van der Waals surface area (Å²) in [4.78, 5) is 30.6. The van der Waals surface area contributed by atoms with Crippen LogP contribution in [0.15, 0.2) is 58.7 Å². The number of piperidine rings is 1. The average molecular weight is 420 g/mol. The molecule has 2 bridgehead atoms. The van der Waals surface area contributed by atoms with Gasteiger partial charge < -0.3 is 14.4 Å². The predicted molar refractivity (Wildman–Crippen MR) is 122 cm³/mol. The molecule has 0 radical (unpaired) electrons. The average Bonchev–Trinajstić information content (AvgIpc) is 3.29. The third kappa shape index (κ3) is 3.25. The van der Waals surface area contributed by atoms with E-state index in [9.17, 15) is 9.59 Å². The van der Waals surface area contributed by atoms with Gasteiger partial charge in [-0.2, -0.15) is 0 Å². The summed E-state index contributed by atoms with van der Waals surface area (Å²) in [6.07, 6.45) is 1.03. The number of pyridine rings is 1. The van der Waals surface area contributed by atoms with Gasteiger partial charge >= 0.3 is 0 Å². The van der Waals surface area contributed by atoms with E-state index >= 15 is 0 Å². The van der Waals surface area contributed by atoms with Crippen molar-refractivity contribution < 1.29 is 4.79 Å². The second-order valence-corrected chi connectivity index (χ2v) is 9.46. The lowest BCUT2D eigenvalue weighted by Gasteiger charge is -2.43. The third-order valence-corrected chi connectivity index (χ3v) is 7.16. The first kappa shape index (κ1) is 19.1. The molecule has 1 amide bonds. The first-order chi connectivity index (χ1) is 14.5. The Morgan fingerprint density at radius 3 is 2.53 bits per heavy atom. The van der Waals surface area contributed by atoms with Crippen LogP contribution < -0.4 is 10.5 Å². The Morgan fingerprint density at radius 1 is 1.03 bits per heavy atom. The van der Waals surface area contributed by atoms with Gasteiger partial charge in [0.25, 0.3) is 11.5 Å². The van der Waals surface area contributed by atoms with Gasteiger partial charge in [0.1, 0.15) is 0 Å². The first-order valence-corrected chi connectivity index (χ1v) is 11.2. The molecule has 0 N–H and O–H groups in total. The van der Waals surface area contributed by atoms with Gasteiger partial charge in [-0.1, -0.05) is 18.2 Å². The zero-order valence-corrected chi connectivity index (χ0v) is 18.1. The number of hydrogen-bond donors (Lipinski definition) is 0. The number of fused-ring (bicyclic) bond motifs is 4. The Morgan fingerprint density at radius 2 is 1.83 bits per heavy atom. The maximum Gasteiger partial charge on any atom is 0.263 e. The summed E-state index contributed by atoms with van der Waals surface area (Å²) in [7, 11) is 4.06. The summed E-state index contributed by atoms with van der Waals surface area (Å²) >= 11 is 1.49. The lowest BCUT2D eigenvalue weighted by atomic mass is 9.80. The largest absolute Gasteiger partial charge is 0.378 e. The molecule has 2 atom stereocenters. The second-order valence-electron chi connectivity index (χ2n) is 8.51. The number of amides is 1. The molecule has 0 saturated carbocycles. The molecule has 1 fully saturated rings. The first-order valence-electron chi connectivity index (χ1n) is 10.4. The molecule has 5 nitrogen and oxygen atoms in total. The zero-order valence-electron chi connectivity index (χ0n) is 17.2. The molecule has 0 spiro atoms. The number of likely N-dealkylation sites (tertiary alicyclic amines) is 1. The van der Waals surface area contributed by atoms with Crippen LogP contribution >= 0.6 is 11.3 Å². The standard InChI is InChI=1S/C24H25N3O2S/c1-25(2)19-7-5-17(6-8-19)20-9-10-22(28)27-14-16-12-18(23(20)27)15-26(13-16)24(29)21-4-3-11-30-21/h3-11,16,18H,12-15H2,1-2H3/t16-,18+/m0/s1. The quantitative estimate of drug-likeness (QED) is 0.647. The number of carbonyl (C=O) groups is 1. The van der Waals surface area contributed by atoms with E-state index < -0.39 is 0 Å². The van der Waals surface area contributed by atoms with Crippen molar-refractivity contribution in [3.05, 3.63) is 74.8 Å². The molecule has 30 heavy (non-hydrogen) atoms. The molecule has 3 aromatic rings. The van der Waals surface area contributed by atoms with E-state index in [0.717, 1.165) is 40.4 Å². The van der Waals surface area contributed by atoms with Crippen molar-refractivity contribution in [2.24, 2.45) is 5.92 Å². The van der Waals surface area contributed by atoms with Crippen LogP contribution in [0.2, 0.25) is 0 Å². The van der Waals surface area contributed by atoms with Crippen molar-refractivity contribution in [1.29, 1.82) is 0 Å². The van der Waals surface area contributed by atoms with Crippen LogP contribution in [0.3, 0.4) is 0 Å². The van der Waals surface area contributed by atoms with Gasteiger partial charge in [-0.3, -0.25) is 9.59 Å². The van der Waals surface area contributed by atoms with Crippen molar-refractivity contribution in [2.75, 3.05) is 32.1 Å². The van der Waals surface area contributed by atoms with Crippen LogP contribution in [0, 0.1) is 5.92 Å². The minimum absolute atomic E-state index is 0.0615. The molecular formula is C24H25N3O2S. The van der Waals surface area contributed by atoms with Gasteiger partial charge in [-0.15, -0.1) is 11.3 Å². The highest BCUT2D eigenvalue weighted by Gasteiger charge is 2.38. The van der Waals surface area contributed by atoms with Gasteiger partial charge in [-0.05, 0) is 47.5 Å². The topological polar surface area (TPSA) is 45.6 Å². The number of anilines is 1. The number of rotatable bonds is 3. The summed E-state index contributed by atoms with van der Waals surface area (Å²) in [5.74, 6) is 0.617. The van der Waals surface area contributed by atoms with Crippen molar-refractivity contribution in [1.82, 2.24) is 9.47 Å². The van der Waals surface area contributed by atoms with E-state index in [1.165, 1.54) is 11.3 Å². The van der Waals surface area contributed by atoms with E-state index in [0.29, 0.717) is 19.0 Å². The Hall–Kier alpha value is -2.86. The number of nitrogens with zero attached hydrogens (tertiary/aromatic N) is 3. The number of thiophene rings is 1.